The lowest BCUT2D eigenvalue weighted by Crippen LogP contribution is -2.18. The van der Waals surface area contributed by atoms with Crippen LogP contribution in [0, 0.1) is 12.8 Å². The standard InChI is InChI=1S/C11H15N3S/c1-8-5-13-11(15-7-8)14-10-4-3-9(2)12-6-10/h3-4,6,8H,5,7H2,1-2H3,(H,13,14). The van der Waals surface area contributed by atoms with Gasteiger partial charge in [0.2, 0.25) is 0 Å². The second-order valence-electron chi connectivity index (χ2n) is 3.88. The first-order valence-electron chi connectivity index (χ1n) is 5.11. The molecule has 3 nitrogen and oxygen atoms in total. The fraction of sp³-hybridized carbons (Fsp3) is 0.455. The molecule has 1 aliphatic rings. The molecule has 0 saturated carbocycles. The Morgan fingerprint density at radius 1 is 1.47 bits per heavy atom. The van der Waals surface area contributed by atoms with Crippen molar-refractivity contribution in [3.05, 3.63) is 24.0 Å². The van der Waals surface area contributed by atoms with Gasteiger partial charge in [-0.1, -0.05) is 18.7 Å². The van der Waals surface area contributed by atoms with E-state index in [1.807, 2.05) is 25.3 Å². The quantitative estimate of drug-likeness (QED) is 0.792. The molecule has 1 N–H and O–H groups in total. The molecule has 1 aromatic heterocycles. The Morgan fingerprint density at radius 2 is 2.33 bits per heavy atom. The number of pyridine rings is 1. The summed E-state index contributed by atoms with van der Waals surface area (Å²) in [7, 11) is 0. The van der Waals surface area contributed by atoms with E-state index in [1.54, 1.807) is 11.8 Å². The zero-order valence-corrected chi connectivity index (χ0v) is 9.84. The molecule has 0 aliphatic carbocycles. The van der Waals surface area contributed by atoms with Crippen molar-refractivity contribution in [3.8, 4) is 0 Å². The molecule has 0 aromatic carbocycles. The van der Waals surface area contributed by atoms with Crippen molar-refractivity contribution in [2.45, 2.75) is 13.8 Å². The summed E-state index contributed by atoms with van der Waals surface area (Å²) in [5, 5.41) is 4.29. The fourth-order valence-electron chi connectivity index (χ4n) is 1.30. The number of aromatic nitrogens is 1. The molecule has 0 spiro atoms. The minimum Gasteiger partial charge on any atom is -0.334 e. The largest absolute Gasteiger partial charge is 0.334 e. The highest BCUT2D eigenvalue weighted by molar-refractivity contribution is 8.14. The van der Waals surface area contributed by atoms with Crippen LogP contribution in [0.4, 0.5) is 5.69 Å². The van der Waals surface area contributed by atoms with Crippen LogP contribution in [0.25, 0.3) is 0 Å². The average Bonchev–Trinajstić information content (AvgIpc) is 2.25. The molecule has 2 rings (SSSR count). The molecule has 1 unspecified atom stereocenters. The second-order valence-corrected chi connectivity index (χ2v) is 4.88. The van der Waals surface area contributed by atoms with Crippen molar-refractivity contribution in [2.24, 2.45) is 10.9 Å². The third-order valence-corrected chi connectivity index (χ3v) is 3.45. The number of nitrogens with one attached hydrogen (secondary N) is 1. The van der Waals surface area contributed by atoms with Crippen LogP contribution in [0.5, 0.6) is 0 Å². The molecule has 1 atom stereocenters. The summed E-state index contributed by atoms with van der Waals surface area (Å²) >= 11 is 1.78. The molecule has 0 amide bonds. The number of aryl methyl sites for hydroxylation is 1. The van der Waals surface area contributed by atoms with Gasteiger partial charge in [0.05, 0.1) is 11.9 Å². The molecule has 2 heterocycles. The lowest BCUT2D eigenvalue weighted by Gasteiger charge is -2.17. The molecule has 0 saturated heterocycles. The highest BCUT2D eigenvalue weighted by atomic mass is 32.2. The smallest absolute Gasteiger partial charge is 0.161 e. The summed E-state index contributed by atoms with van der Waals surface area (Å²) < 4.78 is 0. The van der Waals surface area contributed by atoms with Gasteiger partial charge in [-0.05, 0) is 25.0 Å². The van der Waals surface area contributed by atoms with E-state index in [1.165, 1.54) is 0 Å². The van der Waals surface area contributed by atoms with Crippen LogP contribution < -0.4 is 5.32 Å². The first kappa shape index (κ1) is 10.5. The maximum absolute atomic E-state index is 4.47. The van der Waals surface area contributed by atoms with E-state index in [4.69, 9.17) is 0 Å². The molecular weight excluding hydrogens is 206 g/mol. The van der Waals surface area contributed by atoms with Crippen molar-refractivity contribution < 1.29 is 0 Å². The van der Waals surface area contributed by atoms with E-state index in [0.29, 0.717) is 5.92 Å². The number of rotatable bonds is 1. The topological polar surface area (TPSA) is 37.3 Å². The molecule has 15 heavy (non-hydrogen) atoms. The minimum atomic E-state index is 0.691. The van der Waals surface area contributed by atoms with E-state index in [-0.39, 0.29) is 0 Å². The lowest BCUT2D eigenvalue weighted by molar-refractivity contribution is 0.674. The Hall–Kier alpha value is -1.03. The fourth-order valence-corrected chi connectivity index (χ4v) is 2.20. The van der Waals surface area contributed by atoms with E-state index < -0.39 is 0 Å². The Morgan fingerprint density at radius 3 is 2.93 bits per heavy atom. The maximum atomic E-state index is 4.47. The zero-order valence-electron chi connectivity index (χ0n) is 9.03. The van der Waals surface area contributed by atoms with Crippen LogP contribution in [-0.4, -0.2) is 22.4 Å². The van der Waals surface area contributed by atoms with Crippen molar-refractivity contribution >= 4 is 22.6 Å². The van der Waals surface area contributed by atoms with Gasteiger partial charge in [-0.2, -0.15) is 0 Å². The van der Waals surface area contributed by atoms with Crippen LogP contribution in [0.3, 0.4) is 0 Å². The number of thioether (sulfide) groups is 1. The van der Waals surface area contributed by atoms with Crippen LogP contribution in [-0.2, 0) is 0 Å². The van der Waals surface area contributed by atoms with E-state index in [9.17, 15) is 0 Å². The molecule has 80 valence electrons. The van der Waals surface area contributed by atoms with Gasteiger partial charge in [0.15, 0.2) is 5.17 Å². The van der Waals surface area contributed by atoms with Gasteiger partial charge in [0, 0.05) is 18.0 Å². The minimum absolute atomic E-state index is 0.691. The maximum Gasteiger partial charge on any atom is 0.161 e. The van der Waals surface area contributed by atoms with E-state index in [0.717, 1.165) is 28.8 Å². The normalized spacial score (nSPS) is 20.9. The monoisotopic (exact) mass is 221 g/mol. The highest BCUT2D eigenvalue weighted by Crippen LogP contribution is 2.18. The SMILES string of the molecule is Cc1ccc(NC2=NCC(C)CS2)cn1. The Balaban J connectivity index is 2.00. The predicted octanol–water partition coefficient (Wildman–Crippen LogP) is 2.54. The summed E-state index contributed by atoms with van der Waals surface area (Å²) in [6.45, 7) is 5.13. The Bertz CT molecular complexity index is 359. The zero-order chi connectivity index (χ0) is 10.7. The predicted molar refractivity (Wildman–Crippen MR) is 66.5 cm³/mol. The third kappa shape index (κ3) is 2.96. The summed E-state index contributed by atoms with van der Waals surface area (Å²) in [6.07, 6.45) is 1.84. The number of anilines is 1. The van der Waals surface area contributed by atoms with Gasteiger partial charge in [-0.15, -0.1) is 0 Å². The van der Waals surface area contributed by atoms with Crippen LogP contribution in [0.2, 0.25) is 0 Å². The Labute approximate surface area is 94.4 Å². The highest BCUT2D eigenvalue weighted by Gasteiger charge is 2.11. The van der Waals surface area contributed by atoms with Crippen LogP contribution in [0.15, 0.2) is 23.3 Å². The summed E-state index contributed by atoms with van der Waals surface area (Å²) in [5.41, 5.74) is 2.05. The number of aliphatic imine (C=N–C) groups is 1. The number of hydrogen-bond acceptors (Lipinski definition) is 4. The van der Waals surface area contributed by atoms with Gasteiger partial charge < -0.3 is 5.32 Å². The molecule has 4 heteroatoms. The van der Waals surface area contributed by atoms with Gasteiger partial charge in [0.1, 0.15) is 0 Å². The molecule has 1 aromatic rings. The average molecular weight is 221 g/mol. The molecule has 0 fully saturated rings. The Kier molecular flexibility index (Phi) is 3.26. The number of hydrogen-bond donors (Lipinski definition) is 1. The van der Waals surface area contributed by atoms with Crippen molar-refractivity contribution in [1.29, 1.82) is 0 Å². The van der Waals surface area contributed by atoms with Crippen LogP contribution in [0.1, 0.15) is 12.6 Å². The summed E-state index contributed by atoms with van der Waals surface area (Å²) in [6, 6.07) is 4.03. The molecular formula is C11H15N3S. The first-order chi connectivity index (χ1) is 7.24. The third-order valence-electron chi connectivity index (χ3n) is 2.21. The molecule has 0 radical (unpaired) electrons. The number of nitrogens with zero attached hydrogens (tertiary/aromatic N) is 2. The first-order valence-corrected chi connectivity index (χ1v) is 6.09. The van der Waals surface area contributed by atoms with E-state index in [2.05, 4.69) is 22.2 Å². The van der Waals surface area contributed by atoms with Gasteiger partial charge in [0.25, 0.3) is 0 Å². The summed E-state index contributed by atoms with van der Waals surface area (Å²) in [4.78, 5) is 8.70. The van der Waals surface area contributed by atoms with Crippen molar-refractivity contribution in [3.63, 3.8) is 0 Å². The van der Waals surface area contributed by atoms with Gasteiger partial charge in [-0.25, -0.2) is 0 Å². The van der Waals surface area contributed by atoms with Gasteiger partial charge >= 0.3 is 0 Å². The van der Waals surface area contributed by atoms with E-state index >= 15 is 0 Å². The van der Waals surface area contributed by atoms with Crippen LogP contribution >= 0.6 is 11.8 Å². The molecule has 1 aliphatic heterocycles. The second kappa shape index (κ2) is 4.66. The lowest BCUT2D eigenvalue weighted by atomic mass is 10.2. The number of amidine groups is 1. The van der Waals surface area contributed by atoms with Gasteiger partial charge in [-0.3, -0.25) is 9.98 Å². The van der Waals surface area contributed by atoms with Crippen molar-refractivity contribution in [2.75, 3.05) is 17.6 Å². The van der Waals surface area contributed by atoms with Crippen molar-refractivity contribution in [1.82, 2.24) is 4.98 Å². The summed E-state index contributed by atoms with van der Waals surface area (Å²) in [5.74, 6) is 1.84. The molecule has 0 bridgehead atoms.